The lowest BCUT2D eigenvalue weighted by atomic mass is 9.57. The van der Waals surface area contributed by atoms with Crippen molar-refractivity contribution >= 4 is 23.7 Å². The van der Waals surface area contributed by atoms with Crippen LogP contribution in [0, 0.1) is 22.2 Å². The van der Waals surface area contributed by atoms with Crippen LogP contribution in [0.5, 0.6) is 0 Å². The van der Waals surface area contributed by atoms with Gasteiger partial charge in [0.25, 0.3) is 0 Å². The quantitative estimate of drug-likeness (QED) is 0.761. The maximum absolute atomic E-state index is 13.2. The van der Waals surface area contributed by atoms with E-state index in [1.54, 1.807) is 4.90 Å². The van der Waals surface area contributed by atoms with E-state index in [-0.39, 0.29) is 12.3 Å². The van der Waals surface area contributed by atoms with Gasteiger partial charge in [-0.1, -0.05) is 59.7 Å². The topological polar surface area (TPSA) is 98.1 Å². The lowest BCUT2D eigenvalue weighted by molar-refractivity contribution is -0.145. The molecule has 0 aliphatic carbocycles. The number of anilines is 1. The third kappa shape index (κ3) is 3.34. The molecule has 2 amide bonds. The summed E-state index contributed by atoms with van der Waals surface area (Å²) >= 11 is 0. The molecule has 7 heteroatoms. The summed E-state index contributed by atoms with van der Waals surface area (Å²) in [6, 6.07) is 7.46. The van der Waals surface area contributed by atoms with Crippen LogP contribution in [0.2, 0.25) is 0 Å². The van der Waals surface area contributed by atoms with E-state index in [2.05, 4.69) is 0 Å². The monoisotopic (exact) mass is 416 g/mol. The molecule has 7 nitrogen and oxygen atoms in total. The van der Waals surface area contributed by atoms with Crippen LogP contribution in [0.15, 0.2) is 30.3 Å². The van der Waals surface area contributed by atoms with Crippen molar-refractivity contribution in [3.05, 3.63) is 30.3 Å². The van der Waals surface area contributed by atoms with Gasteiger partial charge in [-0.3, -0.25) is 9.69 Å². The van der Waals surface area contributed by atoms with Crippen molar-refractivity contribution in [3.8, 4) is 0 Å². The van der Waals surface area contributed by atoms with E-state index in [4.69, 9.17) is 0 Å². The Morgan fingerprint density at radius 3 is 2.00 bits per heavy atom. The minimum atomic E-state index is -1.25. The maximum atomic E-state index is 13.2. The van der Waals surface area contributed by atoms with Gasteiger partial charge >= 0.3 is 12.1 Å². The van der Waals surface area contributed by atoms with E-state index in [9.17, 15) is 24.6 Å². The molecule has 3 rings (SSSR count). The fourth-order valence-electron chi connectivity index (χ4n) is 6.24. The molecule has 2 saturated heterocycles. The Kier molecular flexibility index (Phi) is 5.16. The fourth-order valence-corrected chi connectivity index (χ4v) is 6.24. The highest BCUT2D eigenvalue weighted by molar-refractivity contribution is 5.97. The summed E-state index contributed by atoms with van der Waals surface area (Å²) in [6.45, 7) is 11.9. The summed E-state index contributed by atoms with van der Waals surface area (Å²) in [5.41, 5.74) is -1.14. The Balaban J connectivity index is 2.26. The first-order chi connectivity index (χ1) is 13.7. The molecule has 0 aromatic heterocycles. The van der Waals surface area contributed by atoms with Gasteiger partial charge in [-0.05, 0) is 23.0 Å². The molecule has 2 N–H and O–H groups in total. The van der Waals surface area contributed by atoms with Gasteiger partial charge in [-0.2, -0.15) is 0 Å². The Morgan fingerprint density at radius 2 is 1.57 bits per heavy atom. The molecular weight excluding hydrogens is 384 g/mol. The number of nitrogens with zero attached hydrogens (tertiary/aromatic N) is 2. The molecule has 1 aromatic rings. The van der Waals surface area contributed by atoms with Gasteiger partial charge in [0, 0.05) is 36.0 Å². The number of hydrogen-bond donors (Lipinski definition) is 2. The summed E-state index contributed by atoms with van der Waals surface area (Å²) in [5, 5.41) is 20.2. The van der Waals surface area contributed by atoms with Gasteiger partial charge < -0.3 is 15.1 Å². The molecule has 1 spiro atoms. The molecule has 2 aliphatic rings. The van der Waals surface area contributed by atoms with E-state index in [1.807, 2.05) is 71.9 Å². The first kappa shape index (κ1) is 22.1. The van der Waals surface area contributed by atoms with Crippen LogP contribution in [-0.4, -0.2) is 51.7 Å². The Labute approximate surface area is 177 Å². The zero-order valence-electron chi connectivity index (χ0n) is 18.5. The molecule has 2 fully saturated rings. The van der Waals surface area contributed by atoms with Gasteiger partial charge in [0.1, 0.15) is 6.04 Å². The van der Waals surface area contributed by atoms with Crippen molar-refractivity contribution in [3.63, 3.8) is 0 Å². The zero-order valence-corrected chi connectivity index (χ0v) is 18.5. The number of aliphatic carboxylic acids is 1. The maximum Gasteiger partial charge on any atom is 0.408 e. The molecule has 2 heterocycles. The van der Waals surface area contributed by atoms with Crippen LogP contribution in [0.1, 0.15) is 48.0 Å². The number of likely N-dealkylation sites (tertiary alicyclic amines) is 1. The molecular formula is C23H32N2O5. The van der Waals surface area contributed by atoms with Crippen molar-refractivity contribution in [2.24, 2.45) is 22.2 Å². The minimum Gasteiger partial charge on any atom is -0.480 e. The standard InChI is InChI=1S/C23H32N2O5/c1-21(2,3)17-16(18(27)28)25(20(29)30)19(22(4,5)6)23(17)12-15(26)24(13-23)14-10-8-7-9-11-14/h7-11,16-17,19H,12-13H2,1-6H3,(H,27,28)(H,29,30). The third-order valence-electron chi connectivity index (χ3n) is 6.59. The molecule has 1 aromatic carbocycles. The summed E-state index contributed by atoms with van der Waals surface area (Å²) in [7, 11) is 0. The number of carbonyl (C=O) groups is 3. The molecule has 2 aliphatic heterocycles. The van der Waals surface area contributed by atoms with Crippen LogP contribution < -0.4 is 4.90 Å². The van der Waals surface area contributed by atoms with Gasteiger partial charge in [-0.25, -0.2) is 9.59 Å². The minimum absolute atomic E-state index is 0.0962. The number of para-hydroxylation sites is 1. The number of amides is 2. The summed E-state index contributed by atoms with van der Waals surface area (Å²) in [4.78, 5) is 40.9. The number of carboxylic acids is 1. The number of carbonyl (C=O) groups excluding carboxylic acids is 1. The van der Waals surface area contributed by atoms with Crippen molar-refractivity contribution in [1.29, 1.82) is 0 Å². The lowest BCUT2D eigenvalue weighted by Gasteiger charge is -2.46. The molecule has 4 atom stereocenters. The molecule has 0 bridgehead atoms. The zero-order chi connectivity index (χ0) is 22.6. The number of hydrogen-bond acceptors (Lipinski definition) is 3. The summed E-state index contributed by atoms with van der Waals surface area (Å²) < 4.78 is 0. The fraction of sp³-hybridized carbons (Fsp3) is 0.609. The van der Waals surface area contributed by atoms with E-state index >= 15 is 0 Å². The molecule has 0 radical (unpaired) electrons. The highest BCUT2D eigenvalue weighted by atomic mass is 16.4. The number of carboxylic acid groups (broad SMARTS) is 2. The largest absolute Gasteiger partial charge is 0.480 e. The van der Waals surface area contributed by atoms with E-state index < -0.39 is 46.3 Å². The Bertz CT molecular complexity index is 815. The highest BCUT2D eigenvalue weighted by Gasteiger charge is 2.70. The van der Waals surface area contributed by atoms with Crippen molar-refractivity contribution < 1.29 is 24.6 Å². The normalized spacial score (nSPS) is 29.7. The Morgan fingerprint density at radius 1 is 1.00 bits per heavy atom. The molecule has 0 saturated carbocycles. The van der Waals surface area contributed by atoms with Crippen LogP contribution in [0.25, 0.3) is 0 Å². The van der Waals surface area contributed by atoms with Gasteiger partial charge in [0.05, 0.1) is 0 Å². The summed E-state index contributed by atoms with van der Waals surface area (Å²) in [5.74, 6) is -1.78. The average Bonchev–Trinajstić information content (AvgIpc) is 3.10. The predicted octanol–water partition coefficient (Wildman–Crippen LogP) is 3.93. The van der Waals surface area contributed by atoms with Crippen molar-refractivity contribution in [2.45, 2.75) is 60.0 Å². The molecule has 4 unspecified atom stereocenters. The van der Waals surface area contributed by atoms with Gasteiger partial charge in [0.15, 0.2) is 0 Å². The van der Waals surface area contributed by atoms with Gasteiger partial charge in [-0.15, -0.1) is 0 Å². The van der Waals surface area contributed by atoms with Gasteiger partial charge in [0.2, 0.25) is 5.91 Å². The lowest BCUT2D eigenvalue weighted by Crippen LogP contribution is -2.53. The van der Waals surface area contributed by atoms with E-state index in [1.165, 1.54) is 0 Å². The van der Waals surface area contributed by atoms with Crippen LogP contribution in [0.4, 0.5) is 10.5 Å². The second kappa shape index (κ2) is 7.00. The predicted molar refractivity (Wildman–Crippen MR) is 113 cm³/mol. The first-order valence-corrected chi connectivity index (χ1v) is 10.3. The van der Waals surface area contributed by atoms with E-state index in [0.717, 1.165) is 10.6 Å². The number of benzene rings is 1. The molecule has 164 valence electrons. The average molecular weight is 417 g/mol. The first-order valence-electron chi connectivity index (χ1n) is 10.3. The second-order valence-electron chi connectivity index (χ2n) is 10.8. The summed E-state index contributed by atoms with van der Waals surface area (Å²) in [6.07, 6.45) is -1.13. The van der Waals surface area contributed by atoms with E-state index in [0.29, 0.717) is 6.54 Å². The second-order valence-corrected chi connectivity index (χ2v) is 10.8. The van der Waals surface area contributed by atoms with Crippen LogP contribution in [-0.2, 0) is 9.59 Å². The SMILES string of the molecule is CC(C)(C)C1C(C(=O)O)N(C(=O)O)C(C(C)(C)C)C12CC(=O)N(c1ccccc1)C2. The van der Waals surface area contributed by atoms with Crippen LogP contribution >= 0.6 is 0 Å². The number of rotatable bonds is 2. The van der Waals surface area contributed by atoms with Crippen LogP contribution in [0.3, 0.4) is 0 Å². The van der Waals surface area contributed by atoms with Crippen molar-refractivity contribution in [2.75, 3.05) is 11.4 Å². The third-order valence-corrected chi connectivity index (χ3v) is 6.59. The molecule has 30 heavy (non-hydrogen) atoms. The Hall–Kier alpha value is -2.57. The smallest absolute Gasteiger partial charge is 0.408 e. The highest BCUT2D eigenvalue weighted by Crippen LogP contribution is 2.61. The van der Waals surface area contributed by atoms with Crippen molar-refractivity contribution in [1.82, 2.24) is 4.90 Å².